The highest BCUT2D eigenvalue weighted by Gasteiger charge is 2.33. The fourth-order valence-corrected chi connectivity index (χ4v) is 3.77. The van der Waals surface area contributed by atoms with Gasteiger partial charge in [-0.3, -0.25) is 4.79 Å². The molecule has 4 heteroatoms. The molecule has 2 atom stereocenters. The van der Waals surface area contributed by atoms with E-state index < -0.39 is 0 Å². The van der Waals surface area contributed by atoms with Gasteiger partial charge >= 0.3 is 0 Å². The Hall–Kier alpha value is -1.43. The Morgan fingerprint density at radius 3 is 2.57 bits per heavy atom. The first-order chi connectivity index (χ1) is 11.2. The summed E-state index contributed by atoms with van der Waals surface area (Å²) >= 11 is 2.26. The molecule has 0 heterocycles. The molecule has 3 rings (SSSR count). The molecule has 1 N–H and O–H groups in total. The molecule has 2 aromatic rings. The Morgan fingerprint density at radius 2 is 1.83 bits per heavy atom. The van der Waals surface area contributed by atoms with Crippen LogP contribution in [-0.4, -0.2) is 5.78 Å². The number of ketones is 1. The van der Waals surface area contributed by atoms with Gasteiger partial charge in [0.25, 0.3) is 0 Å². The molecule has 0 saturated heterocycles. The molecular formula is C19H19FINO. The van der Waals surface area contributed by atoms with Crippen LogP contribution in [0.1, 0.15) is 37.3 Å². The van der Waals surface area contributed by atoms with Crippen LogP contribution in [0.15, 0.2) is 48.5 Å². The van der Waals surface area contributed by atoms with Crippen molar-refractivity contribution in [2.24, 2.45) is 5.92 Å². The van der Waals surface area contributed by atoms with Crippen LogP contribution in [0.25, 0.3) is 0 Å². The van der Waals surface area contributed by atoms with E-state index in [0.717, 1.165) is 28.5 Å². The Bertz CT molecular complexity index is 703. The third kappa shape index (κ3) is 3.74. The molecule has 0 spiro atoms. The van der Waals surface area contributed by atoms with Crippen molar-refractivity contribution in [1.82, 2.24) is 0 Å². The number of rotatable bonds is 4. The predicted octanol–water partition coefficient (Wildman–Crippen LogP) is 5.34. The average molecular weight is 423 g/mol. The van der Waals surface area contributed by atoms with Crippen molar-refractivity contribution in [2.45, 2.75) is 31.7 Å². The maximum atomic E-state index is 14.4. The second kappa shape index (κ2) is 7.43. The third-order valence-electron chi connectivity index (χ3n) is 4.43. The summed E-state index contributed by atoms with van der Waals surface area (Å²) in [6, 6.07) is 14.3. The fourth-order valence-electron chi connectivity index (χ4n) is 3.23. The molecule has 0 unspecified atom stereocenters. The number of halogens is 2. The van der Waals surface area contributed by atoms with E-state index >= 15 is 0 Å². The van der Waals surface area contributed by atoms with Gasteiger partial charge in [-0.15, -0.1) is 0 Å². The number of carbonyl (C=O) groups is 1. The van der Waals surface area contributed by atoms with Crippen molar-refractivity contribution >= 4 is 34.1 Å². The zero-order valence-electron chi connectivity index (χ0n) is 12.8. The van der Waals surface area contributed by atoms with E-state index in [1.807, 2.05) is 30.3 Å². The van der Waals surface area contributed by atoms with Crippen molar-refractivity contribution < 1.29 is 9.18 Å². The number of anilines is 1. The SMILES string of the molecule is O=C1CCCC[C@H]1[C@H](Nc1ccccc1I)c1ccccc1F. The molecule has 1 fully saturated rings. The van der Waals surface area contributed by atoms with Gasteiger partial charge < -0.3 is 5.32 Å². The van der Waals surface area contributed by atoms with E-state index in [-0.39, 0.29) is 23.6 Å². The van der Waals surface area contributed by atoms with E-state index in [4.69, 9.17) is 0 Å². The van der Waals surface area contributed by atoms with E-state index in [0.29, 0.717) is 12.0 Å². The molecule has 1 aliphatic carbocycles. The van der Waals surface area contributed by atoms with Crippen LogP contribution in [0.2, 0.25) is 0 Å². The lowest BCUT2D eigenvalue weighted by Gasteiger charge is -2.31. The van der Waals surface area contributed by atoms with Gasteiger partial charge in [0.15, 0.2) is 0 Å². The number of para-hydroxylation sites is 1. The van der Waals surface area contributed by atoms with Crippen LogP contribution < -0.4 is 5.32 Å². The van der Waals surface area contributed by atoms with Crippen molar-refractivity contribution in [3.05, 3.63) is 63.5 Å². The van der Waals surface area contributed by atoms with Crippen molar-refractivity contribution in [1.29, 1.82) is 0 Å². The van der Waals surface area contributed by atoms with E-state index in [2.05, 4.69) is 27.9 Å². The van der Waals surface area contributed by atoms with Crippen LogP contribution >= 0.6 is 22.6 Å². The first kappa shape index (κ1) is 16.4. The number of carbonyl (C=O) groups excluding carboxylic acids is 1. The first-order valence-corrected chi connectivity index (χ1v) is 9.03. The highest BCUT2D eigenvalue weighted by molar-refractivity contribution is 14.1. The van der Waals surface area contributed by atoms with E-state index in [1.54, 1.807) is 12.1 Å². The van der Waals surface area contributed by atoms with Gasteiger partial charge in [-0.25, -0.2) is 4.39 Å². The Kier molecular flexibility index (Phi) is 5.30. The summed E-state index contributed by atoms with van der Waals surface area (Å²) in [6.45, 7) is 0. The molecule has 0 bridgehead atoms. The standard InChI is InChI=1S/C19H19FINO/c20-15-9-3-1-7-13(15)19(14-8-2-6-12-18(14)23)22-17-11-5-4-10-16(17)21/h1,3-5,7,9-11,14,19,22H,2,6,8,12H2/t14-,19-/m1/s1. The molecular weight excluding hydrogens is 404 g/mol. The maximum absolute atomic E-state index is 14.4. The second-order valence-electron chi connectivity index (χ2n) is 5.94. The molecule has 0 aliphatic heterocycles. The van der Waals surface area contributed by atoms with Gasteiger partial charge in [0.05, 0.1) is 6.04 Å². The Morgan fingerprint density at radius 1 is 1.09 bits per heavy atom. The normalized spacial score (nSPS) is 19.4. The van der Waals surface area contributed by atoms with E-state index in [9.17, 15) is 9.18 Å². The summed E-state index contributed by atoms with van der Waals surface area (Å²) in [4.78, 5) is 12.4. The van der Waals surface area contributed by atoms with Crippen LogP contribution in [-0.2, 0) is 4.79 Å². The molecule has 0 amide bonds. The van der Waals surface area contributed by atoms with Crippen molar-refractivity contribution in [2.75, 3.05) is 5.32 Å². The highest BCUT2D eigenvalue weighted by Crippen LogP contribution is 2.36. The summed E-state index contributed by atoms with van der Waals surface area (Å²) in [5, 5.41) is 3.44. The summed E-state index contributed by atoms with van der Waals surface area (Å²) < 4.78 is 15.4. The predicted molar refractivity (Wildman–Crippen MR) is 98.9 cm³/mol. The van der Waals surface area contributed by atoms with Gasteiger partial charge in [0.1, 0.15) is 11.6 Å². The Labute approximate surface area is 149 Å². The topological polar surface area (TPSA) is 29.1 Å². The minimum Gasteiger partial charge on any atom is -0.377 e. The molecule has 120 valence electrons. The maximum Gasteiger partial charge on any atom is 0.138 e. The lowest BCUT2D eigenvalue weighted by Crippen LogP contribution is -2.31. The summed E-state index contributed by atoms with van der Waals surface area (Å²) in [5.74, 6) is -0.186. The average Bonchev–Trinajstić information content (AvgIpc) is 2.56. The minimum absolute atomic E-state index is 0.170. The molecule has 1 saturated carbocycles. The molecule has 1 aliphatic rings. The molecule has 2 aromatic carbocycles. The molecule has 0 radical (unpaired) electrons. The van der Waals surface area contributed by atoms with Crippen LogP contribution in [0.4, 0.5) is 10.1 Å². The first-order valence-electron chi connectivity index (χ1n) is 7.95. The van der Waals surface area contributed by atoms with Gasteiger partial charge in [0.2, 0.25) is 0 Å². The number of hydrogen-bond donors (Lipinski definition) is 1. The summed E-state index contributed by atoms with van der Waals surface area (Å²) in [7, 11) is 0. The number of Topliss-reactive ketones (excluding diaryl/α,β-unsaturated/α-hetero) is 1. The lowest BCUT2D eigenvalue weighted by molar-refractivity contribution is -0.125. The van der Waals surface area contributed by atoms with Gasteiger partial charge in [-0.2, -0.15) is 0 Å². The number of benzene rings is 2. The molecule has 23 heavy (non-hydrogen) atoms. The zero-order chi connectivity index (χ0) is 16.2. The molecule has 0 aromatic heterocycles. The van der Waals surface area contributed by atoms with Gasteiger partial charge in [-0.05, 0) is 53.6 Å². The smallest absolute Gasteiger partial charge is 0.138 e. The van der Waals surface area contributed by atoms with Crippen LogP contribution in [0.3, 0.4) is 0 Å². The minimum atomic E-state index is -0.320. The Balaban J connectivity index is 1.98. The quantitative estimate of drug-likeness (QED) is 0.673. The monoisotopic (exact) mass is 423 g/mol. The van der Waals surface area contributed by atoms with Crippen LogP contribution in [0.5, 0.6) is 0 Å². The summed E-state index contributed by atoms with van der Waals surface area (Å²) in [5.41, 5.74) is 1.52. The number of hydrogen-bond acceptors (Lipinski definition) is 2. The summed E-state index contributed by atoms with van der Waals surface area (Å²) in [6.07, 6.45) is 3.38. The van der Waals surface area contributed by atoms with Crippen molar-refractivity contribution in [3.63, 3.8) is 0 Å². The van der Waals surface area contributed by atoms with E-state index in [1.165, 1.54) is 6.07 Å². The number of nitrogens with one attached hydrogen (secondary N) is 1. The lowest BCUT2D eigenvalue weighted by atomic mass is 9.80. The van der Waals surface area contributed by atoms with Gasteiger partial charge in [0, 0.05) is 27.2 Å². The third-order valence-corrected chi connectivity index (χ3v) is 5.37. The fraction of sp³-hybridized carbons (Fsp3) is 0.316. The van der Waals surface area contributed by atoms with Crippen LogP contribution in [0, 0.1) is 15.3 Å². The van der Waals surface area contributed by atoms with Gasteiger partial charge in [-0.1, -0.05) is 36.8 Å². The highest BCUT2D eigenvalue weighted by atomic mass is 127. The second-order valence-corrected chi connectivity index (χ2v) is 7.10. The zero-order valence-corrected chi connectivity index (χ0v) is 14.9. The molecule has 2 nitrogen and oxygen atoms in total. The largest absolute Gasteiger partial charge is 0.377 e. The van der Waals surface area contributed by atoms with Crippen molar-refractivity contribution in [3.8, 4) is 0 Å².